The van der Waals surface area contributed by atoms with Gasteiger partial charge in [-0.25, -0.2) is 13.5 Å². The molecule has 164 valence electrons. The maximum absolute atomic E-state index is 14.5. The first-order valence-electron chi connectivity index (χ1n) is 11.3. The number of nitrogens with zero attached hydrogens (tertiary/aromatic N) is 4. The molecule has 2 aliphatic heterocycles. The number of morpholine rings is 1. The lowest BCUT2D eigenvalue weighted by atomic mass is 10.0. The van der Waals surface area contributed by atoms with Gasteiger partial charge < -0.3 is 9.64 Å². The number of halogens is 2. The Morgan fingerprint density at radius 2 is 1.87 bits per heavy atom. The van der Waals surface area contributed by atoms with Gasteiger partial charge in [-0.15, -0.1) is 0 Å². The highest BCUT2D eigenvalue weighted by atomic mass is 19.1. The molecule has 1 saturated carbocycles. The van der Waals surface area contributed by atoms with E-state index in [1.807, 2.05) is 4.90 Å². The van der Waals surface area contributed by atoms with Crippen LogP contribution in [-0.2, 0) is 11.2 Å². The van der Waals surface area contributed by atoms with Crippen molar-refractivity contribution in [1.29, 1.82) is 0 Å². The number of aromatic nitrogens is 2. The van der Waals surface area contributed by atoms with E-state index in [0.29, 0.717) is 36.7 Å². The minimum atomic E-state index is -0.653. The summed E-state index contributed by atoms with van der Waals surface area (Å²) >= 11 is 0. The second-order valence-corrected chi connectivity index (χ2v) is 9.20. The van der Waals surface area contributed by atoms with Crippen molar-refractivity contribution in [1.82, 2.24) is 19.6 Å². The van der Waals surface area contributed by atoms with E-state index in [9.17, 15) is 13.6 Å². The number of benzene rings is 1. The molecule has 0 N–H and O–H groups in total. The number of piperidine rings is 1. The zero-order chi connectivity index (χ0) is 21.1. The average Bonchev–Trinajstić information content (AvgIpc) is 3.30. The number of rotatable bonds is 3. The fourth-order valence-electron chi connectivity index (χ4n) is 5.65. The Bertz CT molecular complexity index is 1020. The lowest BCUT2D eigenvalue weighted by Crippen LogP contribution is -2.50. The summed E-state index contributed by atoms with van der Waals surface area (Å²) in [4.78, 5) is 17.8. The van der Waals surface area contributed by atoms with Crippen LogP contribution < -0.4 is 0 Å². The second-order valence-electron chi connectivity index (χ2n) is 9.20. The second kappa shape index (κ2) is 7.38. The molecule has 8 heteroatoms. The van der Waals surface area contributed by atoms with Gasteiger partial charge in [0.2, 0.25) is 0 Å². The Balaban J connectivity index is 1.25. The molecule has 4 aliphatic rings. The van der Waals surface area contributed by atoms with Crippen molar-refractivity contribution in [2.45, 2.75) is 37.6 Å². The van der Waals surface area contributed by atoms with E-state index in [4.69, 9.17) is 4.74 Å². The molecule has 0 bridgehead atoms. The zero-order valence-corrected chi connectivity index (χ0v) is 17.4. The van der Waals surface area contributed by atoms with Gasteiger partial charge >= 0.3 is 0 Å². The van der Waals surface area contributed by atoms with Gasteiger partial charge in [0.15, 0.2) is 11.5 Å². The van der Waals surface area contributed by atoms with Gasteiger partial charge in [0.25, 0.3) is 5.91 Å². The number of fused-ring (bicyclic) bond motifs is 3. The number of carbonyl (C=O) groups is 1. The highest BCUT2D eigenvalue weighted by Crippen LogP contribution is 2.57. The number of hydrogen-bond acceptors (Lipinski definition) is 4. The van der Waals surface area contributed by atoms with Crippen LogP contribution in [0.1, 0.15) is 46.9 Å². The monoisotopic (exact) mass is 428 g/mol. The molecule has 1 aromatic carbocycles. The molecule has 2 aliphatic carbocycles. The normalized spacial score (nSPS) is 26.1. The van der Waals surface area contributed by atoms with Crippen molar-refractivity contribution < 1.29 is 18.3 Å². The van der Waals surface area contributed by atoms with Crippen LogP contribution in [0.5, 0.6) is 0 Å². The maximum Gasteiger partial charge on any atom is 0.274 e. The van der Waals surface area contributed by atoms with Crippen LogP contribution in [0.2, 0.25) is 0 Å². The Labute approximate surface area is 179 Å². The van der Waals surface area contributed by atoms with Crippen LogP contribution in [-0.4, -0.2) is 70.9 Å². The summed E-state index contributed by atoms with van der Waals surface area (Å²) in [7, 11) is 0. The van der Waals surface area contributed by atoms with Gasteiger partial charge in [-0.05, 0) is 43.7 Å². The molecular weight excluding hydrogens is 402 g/mol. The minimum absolute atomic E-state index is 0.0563. The molecule has 1 amide bonds. The fraction of sp³-hybridized carbons (Fsp3) is 0.565. The van der Waals surface area contributed by atoms with Crippen LogP contribution in [0.25, 0.3) is 5.69 Å². The molecule has 6 nitrogen and oxygen atoms in total. The third kappa shape index (κ3) is 3.27. The molecule has 0 spiro atoms. The fourth-order valence-corrected chi connectivity index (χ4v) is 5.65. The molecule has 31 heavy (non-hydrogen) atoms. The van der Waals surface area contributed by atoms with Crippen molar-refractivity contribution in [3.05, 3.63) is 46.8 Å². The van der Waals surface area contributed by atoms with Crippen molar-refractivity contribution >= 4 is 5.91 Å². The summed E-state index contributed by atoms with van der Waals surface area (Å²) in [6, 6.07) is 4.03. The largest absolute Gasteiger partial charge is 0.379 e. The van der Waals surface area contributed by atoms with Crippen LogP contribution in [0.4, 0.5) is 8.78 Å². The smallest absolute Gasteiger partial charge is 0.274 e. The molecule has 2 atom stereocenters. The summed E-state index contributed by atoms with van der Waals surface area (Å²) < 4.78 is 35.0. The van der Waals surface area contributed by atoms with Crippen molar-refractivity contribution in [3.63, 3.8) is 0 Å². The quantitative estimate of drug-likeness (QED) is 0.755. The number of ether oxygens (including phenoxy) is 1. The number of hydrogen-bond donors (Lipinski definition) is 0. The predicted molar refractivity (Wildman–Crippen MR) is 109 cm³/mol. The first kappa shape index (κ1) is 19.4. The van der Waals surface area contributed by atoms with Gasteiger partial charge in [0, 0.05) is 49.8 Å². The topological polar surface area (TPSA) is 50.6 Å². The lowest BCUT2D eigenvalue weighted by molar-refractivity contribution is 0.00151. The van der Waals surface area contributed by atoms with Gasteiger partial charge in [-0.1, -0.05) is 0 Å². The summed E-state index contributed by atoms with van der Waals surface area (Å²) in [6.07, 6.45) is 3.78. The highest BCUT2D eigenvalue weighted by molar-refractivity contribution is 5.94. The van der Waals surface area contributed by atoms with E-state index in [0.717, 1.165) is 69.3 Å². The van der Waals surface area contributed by atoms with Crippen LogP contribution >= 0.6 is 0 Å². The maximum atomic E-state index is 14.5. The average molecular weight is 428 g/mol. The lowest BCUT2D eigenvalue weighted by Gasteiger charge is -2.40. The van der Waals surface area contributed by atoms with E-state index in [1.165, 1.54) is 12.1 Å². The molecule has 6 rings (SSSR count). The van der Waals surface area contributed by atoms with Crippen molar-refractivity contribution in [2.24, 2.45) is 5.92 Å². The summed E-state index contributed by atoms with van der Waals surface area (Å²) in [6.45, 7) is 4.90. The molecule has 2 saturated heterocycles. The number of carbonyl (C=O) groups excluding carboxylic acids is 1. The highest BCUT2D eigenvalue weighted by Gasteiger charge is 2.50. The van der Waals surface area contributed by atoms with Gasteiger partial charge in [-0.2, -0.15) is 5.10 Å². The molecular formula is C23H26F2N4O2. The summed E-state index contributed by atoms with van der Waals surface area (Å²) in [5.74, 6) is -0.463. The molecule has 0 radical (unpaired) electrons. The molecule has 2 aromatic rings. The van der Waals surface area contributed by atoms with E-state index in [-0.39, 0.29) is 11.6 Å². The molecule has 0 unspecified atom stereocenters. The Morgan fingerprint density at radius 1 is 1.10 bits per heavy atom. The first-order chi connectivity index (χ1) is 15.1. The van der Waals surface area contributed by atoms with Gasteiger partial charge in [0.05, 0.1) is 18.9 Å². The van der Waals surface area contributed by atoms with Crippen LogP contribution in [0.15, 0.2) is 18.2 Å². The Kier molecular flexibility index (Phi) is 4.61. The third-order valence-electron chi connectivity index (χ3n) is 7.42. The zero-order valence-electron chi connectivity index (χ0n) is 17.4. The Hall–Kier alpha value is -2.32. The molecule has 1 aromatic heterocycles. The van der Waals surface area contributed by atoms with E-state index in [2.05, 4.69) is 10.00 Å². The number of likely N-dealkylation sites (tertiary alicyclic amines) is 1. The van der Waals surface area contributed by atoms with E-state index in [1.54, 1.807) is 4.68 Å². The van der Waals surface area contributed by atoms with Crippen molar-refractivity contribution in [2.75, 3.05) is 39.4 Å². The summed E-state index contributed by atoms with van der Waals surface area (Å²) in [5, 5.41) is 4.59. The minimum Gasteiger partial charge on any atom is -0.379 e. The molecule has 3 heterocycles. The van der Waals surface area contributed by atoms with Crippen LogP contribution in [0, 0.1) is 17.6 Å². The van der Waals surface area contributed by atoms with E-state index >= 15 is 0 Å². The van der Waals surface area contributed by atoms with Crippen molar-refractivity contribution in [3.8, 4) is 5.69 Å². The van der Waals surface area contributed by atoms with Gasteiger partial charge in [0.1, 0.15) is 11.5 Å². The number of amides is 1. The summed E-state index contributed by atoms with van der Waals surface area (Å²) in [5.41, 5.74) is 2.58. The SMILES string of the molecule is O=C(c1nn(-c2ccc(F)cc2F)c2c1C[C@H]1C[C@@H]21)N1CCC(N2CCOCC2)CC1. The third-order valence-corrected chi connectivity index (χ3v) is 7.42. The van der Waals surface area contributed by atoms with Crippen LogP contribution in [0.3, 0.4) is 0 Å². The first-order valence-corrected chi connectivity index (χ1v) is 11.3. The molecule has 3 fully saturated rings. The van der Waals surface area contributed by atoms with E-state index < -0.39 is 11.6 Å². The Morgan fingerprint density at radius 3 is 2.61 bits per heavy atom. The van der Waals surface area contributed by atoms with Gasteiger partial charge in [-0.3, -0.25) is 9.69 Å². The standard InChI is InChI=1S/C23H26F2N4O2/c24-15-1-2-20(19(25)13-15)29-22-17-11-14(17)12-18(22)21(26-29)23(30)28-5-3-16(4-6-28)27-7-9-31-10-8-27/h1-2,13-14,16-17H,3-12H2/t14-,17-/m1/s1. The predicted octanol–water partition coefficient (Wildman–Crippen LogP) is 2.75.